The van der Waals surface area contributed by atoms with Gasteiger partial charge in [0.25, 0.3) is 5.88 Å². The summed E-state index contributed by atoms with van der Waals surface area (Å²) in [5, 5.41) is 0.442. The minimum atomic E-state index is 0.217. The van der Waals surface area contributed by atoms with Crippen LogP contribution in [0.3, 0.4) is 0 Å². The summed E-state index contributed by atoms with van der Waals surface area (Å²) in [4.78, 5) is 7.91. The molecule has 19 heavy (non-hydrogen) atoms. The van der Waals surface area contributed by atoms with Crippen LogP contribution in [-0.2, 0) is 0 Å². The van der Waals surface area contributed by atoms with E-state index < -0.39 is 0 Å². The number of nitrogen functional groups attached to an aromatic ring is 1. The third kappa shape index (κ3) is 3.06. The second-order valence-electron chi connectivity index (χ2n) is 3.38. The van der Waals surface area contributed by atoms with E-state index in [-0.39, 0.29) is 5.88 Å². The van der Waals surface area contributed by atoms with Crippen LogP contribution >= 0.6 is 27.5 Å². The number of hydrazine groups is 1. The second-order valence-corrected chi connectivity index (χ2v) is 4.70. The summed E-state index contributed by atoms with van der Waals surface area (Å²) < 4.78 is 11.6. The van der Waals surface area contributed by atoms with Gasteiger partial charge in [-0.2, -0.15) is 4.98 Å². The number of hydrogen-bond donors (Lipinski definition) is 2. The van der Waals surface area contributed by atoms with Gasteiger partial charge in [-0.1, -0.05) is 27.5 Å². The van der Waals surface area contributed by atoms with E-state index in [2.05, 4.69) is 31.3 Å². The molecule has 3 N–H and O–H groups in total. The van der Waals surface area contributed by atoms with Crippen molar-refractivity contribution in [2.24, 2.45) is 5.84 Å². The molecular weight excluding hydrogens is 336 g/mol. The molecule has 2 rings (SSSR count). The van der Waals surface area contributed by atoms with Crippen LogP contribution < -0.4 is 20.7 Å². The third-order valence-corrected chi connectivity index (χ3v) is 3.00. The van der Waals surface area contributed by atoms with Gasteiger partial charge >= 0.3 is 0 Å². The normalized spacial score (nSPS) is 10.1. The molecule has 0 aliphatic carbocycles. The number of hydrogen-bond acceptors (Lipinski definition) is 6. The maximum Gasteiger partial charge on any atom is 0.268 e. The SMILES string of the molecule is COc1c(NN)ncnc1Oc1ccc(Br)cc1Cl. The highest BCUT2D eigenvalue weighted by Gasteiger charge is 2.14. The molecule has 2 aromatic rings. The van der Waals surface area contributed by atoms with Crippen LogP contribution in [0.4, 0.5) is 5.82 Å². The highest BCUT2D eigenvalue weighted by molar-refractivity contribution is 9.10. The van der Waals surface area contributed by atoms with Gasteiger partial charge in [0, 0.05) is 4.47 Å². The smallest absolute Gasteiger partial charge is 0.268 e. The molecule has 0 unspecified atom stereocenters. The molecular formula is C11H10BrClN4O2. The van der Waals surface area contributed by atoms with E-state index in [9.17, 15) is 0 Å². The first kappa shape index (κ1) is 13.9. The summed E-state index contributed by atoms with van der Waals surface area (Å²) in [6, 6.07) is 5.23. The van der Waals surface area contributed by atoms with Crippen molar-refractivity contribution in [3.8, 4) is 17.4 Å². The van der Waals surface area contributed by atoms with Crippen LogP contribution in [0, 0.1) is 0 Å². The highest BCUT2D eigenvalue weighted by Crippen LogP contribution is 2.37. The second kappa shape index (κ2) is 6.05. The average molecular weight is 346 g/mol. The number of aromatic nitrogens is 2. The summed E-state index contributed by atoms with van der Waals surface area (Å²) >= 11 is 9.38. The fourth-order valence-electron chi connectivity index (χ4n) is 1.38. The first-order valence-electron chi connectivity index (χ1n) is 5.14. The average Bonchev–Trinajstić information content (AvgIpc) is 2.41. The maximum atomic E-state index is 6.07. The Morgan fingerprint density at radius 1 is 1.37 bits per heavy atom. The summed E-state index contributed by atoms with van der Waals surface area (Å²) in [5.74, 6) is 6.61. The number of methoxy groups -OCH3 is 1. The van der Waals surface area contributed by atoms with Crippen LogP contribution in [0.25, 0.3) is 0 Å². The number of nitrogens with two attached hydrogens (primary N) is 1. The first-order chi connectivity index (χ1) is 9.15. The molecule has 100 valence electrons. The van der Waals surface area contributed by atoms with Crippen molar-refractivity contribution in [3.05, 3.63) is 34.0 Å². The number of anilines is 1. The molecule has 0 radical (unpaired) electrons. The lowest BCUT2D eigenvalue weighted by Crippen LogP contribution is -2.11. The standard InChI is InChI=1S/C11H10BrClN4O2/c1-18-9-10(17-14)15-5-16-11(9)19-8-3-2-6(12)4-7(8)13/h2-5H,14H2,1H3,(H,15,16,17). The zero-order chi connectivity index (χ0) is 13.8. The molecule has 8 heteroatoms. The van der Waals surface area contributed by atoms with Crippen LogP contribution in [0.1, 0.15) is 0 Å². The summed E-state index contributed by atoms with van der Waals surface area (Å²) in [6.45, 7) is 0. The third-order valence-electron chi connectivity index (χ3n) is 2.21. The Hall–Kier alpha value is -1.57. The van der Waals surface area contributed by atoms with Crippen LogP contribution in [0.15, 0.2) is 29.0 Å². The van der Waals surface area contributed by atoms with Crippen LogP contribution in [0.5, 0.6) is 17.4 Å². The number of nitrogens with one attached hydrogen (secondary N) is 1. The molecule has 0 saturated heterocycles. The lowest BCUT2D eigenvalue weighted by atomic mass is 10.3. The molecule has 1 aromatic carbocycles. The van der Waals surface area contributed by atoms with Crippen molar-refractivity contribution >= 4 is 33.3 Å². The van der Waals surface area contributed by atoms with E-state index in [4.69, 9.17) is 26.9 Å². The first-order valence-corrected chi connectivity index (χ1v) is 6.31. The Balaban J connectivity index is 2.37. The number of ether oxygens (including phenoxy) is 2. The highest BCUT2D eigenvalue weighted by atomic mass is 79.9. The molecule has 0 aliphatic rings. The summed E-state index contributed by atoms with van der Waals surface area (Å²) in [7, 11) is 1.47. The Morgan fingerprint density at radius 2 is 2.16 bits per heavy atom. The molecule has 0 fully saturated rings. The van der Waals surface area contributed by atoms with Gasteiger partial charge in [-0.05, 0) is 18.2 Å². The minimum absolute atomic E-state index is 0.217. The van der Waals surface area contributed by atoms with E-state index in [1.54, 1.807) is 18.2 Å². The lowest BCUT2D eigenvalue weighted by molar-refractivity contribution is 0.369. The van der Waals surface area contributed by atoms with Gasteiger partial charge in [0.2, 0.25) is 5.75 Å². The fraction of sp³-hybridized carbons (Fsp3) is 0.0909. The number of nitrogens with zero attached hydrogens (tertiary/aromatic N) is 2. The van der Waals surface area contributed by atoms with Crippen LogP contribution in [0.2, 0.25) is 5.02 Å². The number of rotatable bonds is 4. The molecule has 0 saturated carbocycles. The van der Waals surface area contributed by atoms with Crippen LogP contribution in [-0.4, -0.2) is 17.1 Å². The number of benzene rings is 1. The van der Waals surface area contributed by atoms with Crippen molar-refractivity contribution in [2.45, 2.75) is 0 Å². The van der Waals surface area contributed by atoms with Crippen molar-refractivity contribution < 1.29 is 9.47 Å². The Morgan fingerprint density at radius 3 is 2.79 bits per heavy atom. The Kier molecular flexibility index (Phi) is 4.41. The molecule has 0 atom stereocenters. The topological polar surface area (TPSA) is 82.3 Å². The van der Waals surface area contributed by atoms with Crippen molar-refractivity contribution in [1.29, 1.82) is 0 Å². The molecule has 6 nitrogen and oxygen atoms in total. The van der Waals surface area contributed by atoms with Crippen molar-refractivity contribution in [1.82, 2.24) is 9.97 Å². The molecule has 1 heterocycles. The molecule has 0 aliphatic heterocycles. The Labute approximate surface area is 123 Å². The van der Waals surface area contributed by atoms with E-state index >= 15 is 0 Å². The van der Waals surface area contributed by atoms with Gasteiger partial charge in [-0.25, -0.2) is 10.8 Å². The predicted octanol–water partition coefficient (Wildman–Crippen LogP) is 2.98. The summed E-state index contributed by atoms with van der Waals surface area (Å²) in [5.41, 5.74) is 2.40. The van der Waals surface area contributed by atoms with Crippen molar-refractivity contribution in [3.63, 3.8) is 0 Å². The van der Waals surface area contributed by atoms with Gasteiger partial charge in [0.15, 0.2) is 5.82 Å². The van der Waals surface area contributed by atoms with Gasteiger partial charge in [0.1, 0.15) is 12.1 Å². The molecule has 1 aromatic heterocycles. The van der Waals surface area contributed by atoms with E-state index in [1.165, 1.54) is 13.4 Å². The monoisotopic (exact) mass is 344 g/mol. The lowest BCUT2D eigenvalue weighted by Gasteiger charge is -2.12. The summed E-state index contributed by atoms with van der Waals surface area (Å²) in [6.07, 6.45) is 1.31. The van der Waals surface area contributed by atoms with Gasteiger partial charge in [-0.15, -0.1) is 0 Å². The fourth-order valence-corrected chi connectivity index (χ4v) is 2.09. The zero-order valence-corrected chi connectivity index (χ0v) is 12.2. The predicted molar refractivity (Wildman–Crippen MR) is 75.6 cm³/mol. The zero-order valence-electron chi connectivity index (χ0n) is 9.85. The molecule has 0 bridgehead atoms. The maximum absolute atomic E-state index is 6.07. The van der Waals surface area contributed by atoms with E-state index in [0.29, 0.717) is 22.3 Å². The number of halogens is 2. The van der Waals surface area contributed by atoms with E-state index in [0.717, 1.165) is 4.47 Å². The quantitative estimate of drug-likeness (QED) is 0.655. The molecule has 0 spiro atoms. The van der Waals surface area contributed by atoms with Gasteiger partial charge in [0.05, 0.1) is 12.1 Å². The van der Waals surface area contributed by atoms with Gasteiger partial charge < -0.3 is 14.9 Å². The molecule has 0 amide bonds. The minimum Gasteiger partial charge on any atom is -0.489 e. The van der Waals surface area contributed by atoms with Gasteiger partial charge in [-0.3, -0.25) is 0 Å². The Bertz CT molecular complexity index is 597. The largest absolute Gasteiger partial charge is 0.489 e. The van der Waals surface area contributed by atoms with E-state index in [1.807, 2.05) is 0 Å². The van der Waals surface area contributed by atoms with Crippen molar-refractivity contribution in [2.75, 3.05) is 12.5 Å².